The molecular formula is C12H14N2O5. The van der Waals surface area contributed by atoms with Crippen LogP contribution in [0.5, 0.6) is 0 Å². The van der Waals surface area contributed by atoms with Crippen molar-refractivity contribution < 1.29 is 19.2 Å². The third kappa shape index (κ3) is 4.74. The summed E-state index contributed by atoms with van der Waals surface area (Å²) in [6, 6.07) is 6.00. The van der Waals surface area contributed by atoms with E-state index in [1.165, 1.54) is 18.2 Å². The average molecular weight is 266 g/mol. The van der Waals surface area contributed by atoms with Crippen LogP contribution in [0.25, 0.3) is 0 Å². The second-order valence-electron chi connectivity index (χ2n) is 3.68. The number of ether oxygens (including phenoxy) is 1. The number of nitro benzene ring substituents is 1. The van der Waals surface area contributed by atoms with E-state index in [4.69, 9.17) is 4.74 Å². The summed E-state index contributed by atoms with van der Waals surface area (Å²) < 4.78 is 4.86. The Morgan fingerprint density at radius 1 is 1.37 bits per heavy atom. The largest absolute Gasteiger partial charge is 0.459 e. The maximum Gasteiger partial charge on any atom is 0.325 e. The van der Waals surface area contributed by atoms with Gasteiger partial charge < -0.3 is 10.1 Å². The van der Waals surface area contributed by atoms with E-state index in [2.05, 4.69) is 5.32 Å². The predicted molar refractivity (Wildman–Crippen MR) is 66.2 cm³/mol. The molecule has 0 atom stereocenters. The van der Waals surface area contributed by atoms with Gasteiger partial charge in [0.2, 0.25) is 5.91 Å². The SMILES string of the molecule is CCC(=O)NCC(=O)OCc1ccccc1[N+](=O)[O-]. The van der Waals surface area contributed by atoms with Crippen LogP contribution in [0.15, 0.2) is 24.3 Å². The van der Waals surface area contributed by atoms with Gasteiger partial charge in [-0.1, -0.05) is 19.1 Å². The topological polar surface area (TPSA) is 98.5 Å². The van der Waals surface area contributed by atoms with Gasteiger partial charge in [0, 0.05) is 12.5 Å². The highest BCUT2D eigenvalue weighted by atomic mass is 16.6. The fourth-order valence-electron chi connectivity index (χ4n) is 1.32. The lowest BCUT2D eigenvalue weighted by atomic mass is 10.2. The zero-order chi connectivity index (χ0) is 14.3. The Morgan fingerprint density at radius 2 is 2.05 bits per heavy atom. The molecule has 7 nitrogen and oxygen atoms in total. The number of nitrogens with one attached hydrogen (secondary N) is 1. The molecule has 0 saturated heterocycles. The number of carbonyl (C=O) groups excluding carboxylic acids is 2. The summed E-state index contributed by atoms with van der Waals surface area (Å²) in [5.74, 6) is -0.900. The van der Waals surface area contributed by atoms with E-state index >= 15 is 0 Å². The number of rotatable bonds is 6. The first-order valence-corrected chi connectivity index (χ1v) is 5.69. The van der Waals surface area contributed by atoms with Crippen LogP contribution in [0.4, 0.5) is 5.69 Å². The van der Waals surface area contributed by atoms with Crippen molar-refractivity contribution in [1.29, 1.82) is 0 Å². The van der Waals surface area contributed by atoms with E-state index in [1.807, 2.05) is 0 Å². The second-order valence-corrected chi connectivity index (χ2v) is 3.68. The van der Waals surface area contributed by atoms with Gasteiger partial charge in [-0.2, -0.15) is 0 Å². The summed E-state index contributed by atoms with van der Waals surface area (Å²) in [5.41, 5.74) is 0.204. The summed E-state index contributed by atoms with van der Waals surface area (Å²) >= 11 is 0. The van der Waals surface area contributed by atoms with Crippen molar-refractivity contribution in [1.82, 2.24) is 5.32 Å². The minimum absolute atomic E-state index is 0.104. The van der Waals surface area contributed by atoms with Gasteiger partial charge in [0.15, 0.2) is 0 Å². The lowest BCUT2D eigenvalue weighted by Crippen LogP contribution is -2.29. The van der Waals surface area contributed by atoms with E-state index in [0.717, 1.165) is 0 Å². The van der Waals surface area contributed by atoms with Gasteiger partial charge >= 0.3 is 5.97 Å². The van der Waals surface area contributed by atoms with E-state index in [1.54, 1.807) is 13.0 Å². The molecule has 0 radical (unpaired) electrons. The van der Waals surface area contributed by atoms with Gasteiger partial charge in [-0.05, 0) is 6.07 Å². The quantitative estimate of drug-likeness (QED) is 0.473. The molecule has 0 heterocycles. The van der Waals surface area contributed by atoms with Crippen LogP contribution in [0.1, 0.15) is 18.9 Å². The van der Waals surface area contributed by atoms with E-state index in [9.17, 15) is 19.7 Å². The van der Waals surface area contributed by atoms with Crippen molar-refractivity contribution in [3.8, 4) is 0 Å². The van der Waals surface area contributed by atoms with Gasteiger partial charge in [0.1, 0.15) is 13.2 Å². The molecule has 0 fully saturated rings. The summed E-state index contributed by atoms with van der Waals surface area (Å²) in [6.45, 7) is 1.22. The van der Waals surface area contributed by atoms with Gasteiger partial charge in [-0.15, -0.1) is 0 Å². The standard InChI is InChI=1S/C12H14N2O5/c1-2-11(15)13-7-12(16)19-8-9-5-3-4-6-10(9)14(17)18/h3-6H,2,7-8H2,1H3,(H,13,15). The molecule has 0 unspecified atom stereocenters. The number of nitro groups is 1. The molecule has 0 aliphatic carbocycles. The molecule has 0 aromatic heterocycles. The Kier molecular flexibility index (Phi) is 5.46. The molecule has 1 rings (SSSR count). The number of esters is 1. The molecule has 0 aliphatic rings. The number of hydrogen-bond acceptors (Lipinski definition) is 5. The summed E-state index contributed by atoms with van der Waals surface area (Å²) in [7, 11) is 0. The molecule has 7 heteroatoms. The van der Waals surface area contributed by atoms with Crippen molar-refractivity contribution in [3.63, 3.8) is 0 Å². The molecule has 1 aromatic rings. The van der Waals surface area contributed by atoms with E-state index < -0.39 is 10.9 Å². The van der Waals surface area contributed by atoms with Crippen LogP contribution in [0.3, 0.4) is 0 Å². The molecule has 19 heavy (non-hydrogen) atoms. The molecule has 1 N–H and O–H groups in total. The molecular weight excluding hydrogens is 252 g/mol. The first kappa shape index (κ1) is 14.6. The molecule has 0 aliphatic heterocycles. The van der Waals surface area contributed by atoms with E-state index in [-0.39, 0.29) is 31.2 Å². The normalized spacial score (nSPS) is 9.74. The Balaban J connectivity index is 2.51. The van der Waals surface area contributed by atoms with Crippen LogP contribution in [0.2, 0.25) is 0 Å². The first-order valence-electron chi connectivity index (χ1n) is 5.69. The maximum absolute atomic E-state index is 11.3. The Morgan fingerprint density at radius 3 is 2.68 bits per heavy atom. The number of para-hydroxylation sites is 1. The van der Waals surface area contributed by atoms with Crippen molar-refractivity contribution in [2.75, 3.05) is 6.54 Å². The zero-order valence-electron chi connectivity index (χ0n) is 10.4. The van der Waals surface area contributed by atoms with Crippen molar-refractivity contribution >= 4 is 17.6 Å². The zero-order valence-corrected chi connectivity index (χ0v) is 10.4. The number of hydrogen-bond donors (Lipinski definition) is 1. The van der Waals surface area contributed by atoms with Crippen LogP contribution in [-0.2, 0) is 20.9 Å². The van der Waals surface area contributed by atoms with Crippen LogP contribution in [-0.4, -0.2) is 23.3 Å². The lowest BCUT2D eigenvalue weighted by Gasteiger charge is -2.06. The maximum atomic E-state index is 11.3. The summed E-state index contributed by atoms with van der Waals surface area (Å²) in [6.07, 6.45) is 0.275. The Bertz CT molecular complexity index is 487. The Labute approximate surface area is 109 Å². The highest BCUT2D eigenvalue weighted by Gasteiger charge is 2.14. The number of benzene rings is 1. The van der Waals surface area contributed by atoms with Crippen molar-refractivity contribution in [2.45, 2.75) is 20.0 Å². The molecule has 102 valence electrons. The molecule has 1 amide bonds. The smallest absolute Gasteiger partial charge is 0.325 e. The van der Waals surface area contributed by atoms with Gasteiger partial charge in [-0.25, -0.2) is 0 Å². The fraction of sp³-hybridized carbons (Fsp3) is 0.333. The van der Waals surface area contributed by atoms with Crippen LogP contribution in [0, 0.1) is 10.1 Å². The van der Waals surface area contributed by atoms with Gasteiger partial charge in [0.05, 0.1) is 10.5 Å². The van der Waals surface area contributed by atoms with Gasteiger partial charge in [0.25, 0.3) is 5.69 Å². The highest BCUT2D eigenvalue weighted by Crippen LogP contribution is 2.18. The minimum atomic E-state index is -0.639. The van der Waals surface area contributed by atoms with E-state index in [0.29, 0.717) is 5.56 Å². The monoisotopic (exact) mass is 266 g/mol. The summed E-state index contributed by atoms with van der Waals surface area (Å²) in [5, 5.41) is 13.1. The Hall–Kier alpha value is -2.44. The number of amides is 1. The third-order valence-corrected chi connectivity index (χ3v) is 2.33. The van der Waals surface area contributed by atoms with Crippen molar-refractivity contribution in [3.05, 3.63) is 39.9 Å². The molecule has 0 saturated carbocycles. The molecule has 0 spiro atoms. The lowest BCUT2D eigenvalue weighted by molar-refractivity contribution is -0.385. The number of carbonyl (C=O) groups is 2. The van der Waals surface area contributed by atoms with Crippen LogP contribution < -0.4 is 5.32 Å². The average Bonchev–Trinajstić information content (AvgIpc) is 2.42. The molecule has 0 bridgehead atoms. The second kappa shape index (κ2) is 7.10. The number of nitrogens with zero attached hydrogens (tertiary/aromatic N) is 1. The first-order chi connectivity index (χ1) is 9.04. The van der Waals surface area contributed by atoms with Crippen LogP contribution >= 0.6 is 0 Å². The minimum Gasteiger partial charge on any atom is -0.459 e. The van der Waals surface area contributed by atoms with Gasteiger partial charge in [-0.3, -0.25) is 19.7 Å². The fourth-order valence-corrected chi connectivity index (χ4v) is 1.32. The third-order valence-electron chi connectivity index (χ3n) is 2.33. The molecule has 1 aromatic carbocycles. The summed E-state index contributed by atoms with van der Waals surface area (Å²) in [4.78, 5) is 32.4. The predicted octanol–water partition coefficient (Wildman–Crippen LogP) is 1.16. The van der Waals surface area contributed by atoms with Crippen molar-refractivity contribution in [2.24, 2.45) is 0 Å². The highest BCUT2D eigenvalue weighted by molar-refractivity contribution is 5.81.